The van der Waals surface area contributed by atoms with E-state index in [1.54, 1.807) is 20.8 Å². The van der Waals surface area contributed by atoms with E-state index in [1.807, 2.05) is 30.3 Å². The molecule has 5 rings (SSSR count). The molecule has 3 fully saturated rings. The largest absolute Gasteiger partial charge is 0.458 e. The maximum absolute atomic E-state index is 13.4. The van der Waals surface area contributed by atoms with E-state index in [4.69, 9.17) is 33.5 Å². The molecule has 4 heterocycles. The smallest absolute Gasteiger partial charge is 0.329 e. The summed E-state index contributed by atoms with van der Waals surface area (Å²) in [6, 6.07) is 8.48. The van der Waals surface area contributed by atoms with Crippen LogP contribution in [0.25, 0.3) is 0 Å². The van der Waals surface area contributed by atoms with Gasteiger partial charge < -0.3 is 31.7 Å². The molecule has 2 atom stereocenters. The van der Waals surface area contributed by atoms with E-state index in [9.17, 15) is 14.4 Å². The first kappa shape index (κ1) is 31.0. The normalized spacial score (nSPS) is 22.7. The zero-order valence-corrected chi connectivity index (χ0v) is 24.9. The highest BCUT2D eigenvalue weighted by molar-refractivity contribution is 6.31. The van der Waals surface area contributed by atoms with E-state index in [1.165, 1.54) is 0 Å². The number of benzene rings is 1. The quantitative estimate of drug-likeness (QED) is 0.127. The van der Waals surface area contributed by atoms with Gasteiger partial charge in [0.05, 0.1) is 13.1 Å². The van der Waals surface area contributed by atoms with E-state index < -0.39 is 23.5 Å². The molecule has 8 N–H and O–H groups in total. The molecular weight excluding hydrogens is 562 g/mol. The number of carbonyl (C=O) groups excluding carboxylic acids is 3. The lowest BCUT2D eigenvalue weighted by Gasteiger charge is -2.51. The van der Waals surface area contributed by atoms with E-state index in [-0.39, 0.29) is 52.9 Å². The maximum Gasteiger partial charge on any atom is 0.329 e. The molecule has 0 radical (unpaired) electrons. The number of amides is 2. The molecule has 0 saturated carbocycles. The maximum atomic E-state index is 13.4. The second kappa shape index (κ2) is 12.5. The van der Waals surface area contributed by atoms with Crippen LogP contribution in [0.3, 0.4) is 0 Å². The van der Waals surface area contributed by atoms with Crippen LogP contribution in [0, 0.1) is 5.92 Å². The molecule has 0 aliphatic carbocycles. The van der Waals surface area contributed by atoms with Crippen LogP contribution in [-0.2, 0) is 20.7 Å². The van der Waals surface area contributed by atoms with E-state index >= 15 is 0 Å². The molecule has 2 amide bonds. The van der Waals surface area contributed by atoms with Gasteiger partial charge >= 0.3 is 5.97 Å². The number of rotatable bonds is 8. The van der Waals surface area contributed by atoms with Crippen LogP contribution in [0.15, 0.2) is 35.3 Å². The summed E-state index contributed by atoms with van der Waals surface area (Å²) in [6.45, 7) is 7.76. The molecule has 42 heavy (non-hydrogen) atoms. The number of nitrogens with zero attached hydrogens (tertiary/aromatic N) is 4. The summed E-state index contributed by atoms with van der Waals surface area (Å²) in [5.74, 6) is -1.52. The number of aliphatic imine (C=N–C) groups is 1. The number of piperidine rings is 3. The Bertz CT molecular complexity index is 1360. The third-order valence-electron chi connectivity index (χ3n) is 7.52. The van der Waals surface area contributed by atoms with Gasteiger partial charge in [0.15, 0.2) is 35.0 Å². The number of nitrogens with two attached hydrogens (primary N) is 3. The number of nitrogen functional groups attached to an aromatic ring is 2. The van der Waals surface area contributed by atoms with Crippen molar-refractivity contribution >= 4 is 47.0 Å². The number of esters is 1. The molecule has 2 bridgehead atoms. The Morgan fingerprint density at radius 1 is 1.12 bits per heavy atom. The molecular formula is C28H39ClN9O4+. The van der Waals surface area contributed by atoms with E-state index in [2.05, 4.69) is 25.6 Å². The summed E-state index contributed by atoms with van der Waals surface area (Å²) in [7, 11) is 0. The number of guanidine groups is 1. The molecule has 1 aromatic heterocycles. The number of halogens is 1. The predicted molar refractivity (Wildman–Crippen MR) is 159 cm³/mol. The average Bonchev–Trinajstić information content (AvgIpc) is 2.90. The molecule has 3 saturated heterocycles. The van der Waals surface area contributed by atoms with Crippen molar-refractivity contribution in [2.24, 2.45) is 16.6 Å². The van der Waals surface area contributed by atoms with Crippen LogP contribution in [0.1, 0.15) is 49.7 Å². The second-order valence-electron chi connectivity index (χ2n) is 12.0. The van der Waals surface area contributed by atoms with Crippen molar-refractivity contribution < 1.29 is 23.6 Å². The molecule has 0 spiro atoms. The molecule has 226 valence electrons. The first-order valence-corrected chi connectivity index (χ1v) is 14.3. The average molecular weight is 601 g/mol. The first-order chi connectivity index (χ1) is 19.7. The van der Waals surface area contributed by atoms with Crippen LogP contribution < -0.4 is 27.8 Å². The third kappa shape index (κ3) is 7.85. The Morgan fingerprint density at radius 3 is 2.43 bits per heavy atom. The summed E-state index contributed by atoms with van der Waals surface area (Å²) in [5.41, 5.74) is 17.5. The third-order valence-corrected chi connectivity index (χ3v) is 7.80. The minimum absolute atomic E-state index is 0.0878. The fraction of sp³-hybridized carbons (Fsp3) is 0.500. The fourth-order valence-corrected chi connectivity index (χ4v) is 5.70. The van der Waals surface area contributed by atoms with Gasteiger partial charge in [-0.3, -0.25) is 14.9 Å². The summed E-state index contributed by atoms with van der Waals surface area (Å²) in [5, 5.41) is 5.28. The molecule has 2 aromatic rings. The molecule has 14 heteroatoms. The standard InChI is InChI=1S/C28H38ClN9O4/c1-28(2,3)42-26(41)18(13-16-7-5-4-6-8-16)33-20(39)15-38-11-9-17(10-12-38)19(14-38)34-27(32)37-25(40)21-23(30)36-24(31)22(29)35-21/h4-8,17-19H,9-15H2,1-3H3,(H7-,30,31,32,33,34,36,37,39,40)/p+1/t17?,18-,19-,38?/m1/s1. The van der Waals surface area contributed by atoms with Crippen molar-refractivity contribution in [1.82, 2.24) is 20.6 Å². The van der Waals surface area contributed by atoms with Gasteiger partial charge in [-0.2, -0.15) is 0 Å². The van der Waals surface area contributed by atoms with Crippen LogP contribution in [0.5, 0.6) is 0 Å². The highest BCUT2D eigenvalue weighted by Crippen LogP contribution is 2.35. The number of hydrogen-bond acceptors (Lipinski definition) is 9. The van der Waals surface area contributed by atoms with Crippen LogP contribution in [0.2, 0.25) is 5.15 Å². The second-order valence-corrected chi connectivity index (χ2v) is 12.3. The summed E-state index contributed by atoms with van der Waals surface area (Å²) >= 11 is 5.88. The van der Waals surface area contributed by atoms with E-state index in [0.717, 1.165) is 31.5 Å². The molecule has 3 aliphatic heterocycles. The monoisotopic (exact) mass is 600 g/mol. The van der Waals surface area contributed by atoms with E-state index in [0.29, 0.717) is 17.4 Å². The van der Waals surface area contributed by atoms with Crippen LogP contribution in [-0.4, -0.2) is 82.1 Å². The Hall–Kier alpha value is -3.97. The molecule has 13 nitrogen and oxygen atoms in total. The Labute approximate surface area is 249 Å². The lowest BCUT2D eigenvalue weighted by molar-refractivity contribution is -0.936. The number of quaternary nitrogens is 1. The lowest BCUT2D eigenvalue weighted by Crippen LogP contribution is -2.66. The van der Waals surface area contributed by atoms with Crippen molar-refractivity contribution in [3.05, 3.63) is 46.7 Å². The Morgan fingerprint density at radius 2 is 1.79 bits per heavy atom. The number of anilines is 2. The number of ether oxygens (including phenoxy) is 1. The zero-order valence-electron chi connectivity index (χ0n) is 24.1. The Balaban J connectivity index is 1.42. The van der Waals surface area contributed by atoms with Gasteiger partial charge in [-0.05, 0) is 32.3 Å². The highest BCUT2D eigenvalue weighted by atomic mass is 35.5. The Kier molecular flexibility index (Phi) is 9.21. The number of hydrogen-bond donors (Lipinski definition) is 5. The van der Waals surface area contributed by atoms with Gasteiger partial charge in [0.25, 0.3) is 11.8 Å². The summed E-state index contributed by atoms with van der Waals surface area (Å²) in [6.07, 6.45) is 2.03. The van der Waals surface area contributed by atoms with Crippen molar-refractivity contribution in [3.63, 3.8) is 0 Å². The molecule has 1 aromatic carbocycles. The highest BCUT2D eigenvalue weighted by Gasteiger charge is 2.47. The number of fused-ring (bicyclic) bond motifs is 3. The van der Waals surface area contributed by atoms with Gasteiger partial charge in [0, 0.05) is 19.3 Å². The van der Waals surface area contributed by atoms with Gasteiger partial charge in [-0.1, -0.05) is 41.9 Å². The number of aromatic nitrogens is 2. The molecule has 3 aliphatic rings. The summed E-state index contributed by atoms with van der Waals surface area (Å²) < 4.78 is 6.12. The van der Waals surface area contributed by atoms with Gasteiger partial charge in [-0.15, -0.1) is 0 Å². The first-order valence-electron chi connectivity index (χ1n) is 13.9. The van der Waals surface area contributed by atoms with Gasteiger partial charge in [0.2, 0.25) is 0 Å². The van der Waals surface area contributed by atoms with Crippen LogP contribution in [0.4, 0.5) is 11.6 Å². The van der Waals surface area contributed by atoms with Crippen molar-refractivity contribution in [3.8, 4) is 0 Å². The van der Waals surface area contributed by atoms with Gasteiger partial charge in [-0.25, -0.2) is 19.8 Å². The fourth-order valence-electron chi connectivity index (χ4n) is 5.57. The van der Waals surface area contributed by atoms with Gasteiger partial charge in [0.1, 0.15) is 24.2 Å². The lowest BCUT2D eigenvalue weighted by atomic mass is 9.82. The zero-order chi connectivity index (χ0) is 30.7. The molecule has 0 unspecified atom stereocenters. The van der Waals surface area contributed by atoms with Crippen LogP contribution >= 0.6 is 11.6 Å². The number of carbonyl (C=O) groups is 3. The SMILES string of the molecule is CC(C)(C)OC(=O)[C@@H](Cc1ccccc1)NC(=O)C[N+]12CCC(CC1)[C@H](N=C(N)NC(=O)c1nc(Cl)c(N)nc1N)C2. The van der Waals surface area contributed by atoms with Crippen molar-refractivity contribution in [2.75, 3.05) is 37.6 Å². The predicted octanol–water partition coefficient (Wildman–Crippen LogP) is 1.02. The van der Waals surface area contributed by atoms with Crippen molar-refractivity contribution in [1.29, 1.82) is 0 Å². The van der Waals surface area contributed by atoms with Crippen molar-refractivity contribution in [2.45, 2.75) is 57.7 Å². The topological polar surface area (TPSA) is 201 Å². The summed E-state index contributed by atoms with van der Waals surface area (Å²) in [4.78, 5) is 51.4. The minimum Gasteiger partial charge on any atom is -0.458 e. The minimum atomic E-state index is -0.822. The number of nitrogens with one attached hydrogen (secondary N) is 2.